The van der Waals surface area contributed by atoms with E-state index < -0.39 is 0 Å². The zero-order valence-electron chi connectivity index (χ0n) is 17.3. The number of carbonyl (C=O) groups excluding carboxylic acids is 1. The molecular formula is C24H28N4O. The Morgan fingerprint density at radius 1 is 0.931 bits per heavy atom. The number of nitrogens with one attached hydrogen (secondary N) is 2. The van der Waals surface area contributed by atoms with Crippen LogP contribution in [0.4, 0.5) is 11.6 Å². The van der Waals surface area contributed by atoms with E-state index in [1.807, 2.05) is 36.4 Å². The molecule has 0 unspecified atom stereocenters. The third kappa shape index (κ3) is 5.88. The van der Waals surface area contributed by atoms with Gasteiger partial charge in [-0.1, -0.05) is 69.3 Å². The molecule has 2 N–H and O–H groups in total. The Balaban J connectivity index is 1.54. The molecule has 0 aliphatic carbocycles. The molecule has 1 heterocycles. The Labute approximate surface area is 172 Å². The van der Waals surface area contributed by atoms with Gasteiger partial charge in [0.25, 0.3) is 5.91 Å². The first-order chi connectivity index (χ1) is 13.9. The Hall–Kier alpha value is -3.21. The van der Waals surface area contributed by atoms with Crippen molar-refractivity contribution in [1.82, 2.24) is 15.3 Å². The molecule has 0 fully saturated rings. The molecule has 3 rings (SSSR count). The molecule has 0 saturated heterocycles. The molecule has 0 aliphatic heterocycles. The fraction of sp³-hybridized carbons (Fsp3) is 0.292. The number of benzene rings is 2. The summed E-state index contributed by atoms with van der Waals surface area (Å²) in [6.07, 6.45) is 4.94. The normalized spacial score (nSPS) is 11.1. The number of hydrogen-bond acceptors (Lipinski definition) is 4. The van der Waals surface area contributed by atoms with Crippen molar-refractivity contribution in [1.29, 1.82) is 0 Å². The first-order valence-corrected chi connectivity index (χ1v) is 9.94. The molecule has 5 heteroatoms. The van der Waals surface area contributed by atoms with Crippen molar-refractivity contribution in [2.24, 2.45) is 0 Å². The van der Waals surface area contributed by atoms with Crippen LogP contribution in [-0.2, 0) is 11.8 Å². The number of anilines is 2. The summed E-state index contributed by atoms with van der Waals surface area (Å²) in [5.74, 6) is 0.321. The minimum Gasteiger partial charge on any atom is -0.352 e. The minimum atomic E-state index is -0.153. The lowest BCUT2D eigenvalue weighted by Crippen LogP contribution is -2.25. The second-order valence-corrected chi connectivity index (χ2v) is 8.06. The summed E-state index contributed by atoms with van der Waals surface area (Å²) in [7, 11) is 0. The van der Waals surface area contributed by atoms with Crippen molar-refractivity contribution in [2.75, 3.05) is 11.9 Å². The first kappa shape index (κ1) is 20.5. The highest BCUT2D eigenvalue weighted by atomic mass is 16.1. The van der Waals surface area contributed by atoms with E-state index in [4.69, 9.17) is 0 Å². The predicted molar refractivity (Wildman–Crippen MR) is 118 cm³/mol. The van der Waals surface area contributed by atoms with Gasteiger partial charge in [-0.05, 0) is 35.4 Å². The number of aromatic nitrogens is 2. The number of amides is 1. The van der Waals surface area contributed by atoms with Crippen LogP contribution in [0.5, 0.6) is 0 Å². The van der Waals surface area contributed by atoms with E-state index in [9.17, 15) is 4.79 Å². The highest BCUT2D eigenvalue weighted by molar-refractivity contribution is 5.93. The van der Waals surface area contributed by atoms with Gasteiger partial charge in [0.2, 0.25) is 5.95 Å². The minimum absolute atomic E-state index is 0.00314. The standard InChI is InChI=1S/C24H28N4O/c1-24(2,3)20-13-7-8-14-21(20)28-23-26-16-19(17-27-23)22(29)25-15-9-12-18-10-5-4-6-11-18/h4-8,10-11,13-14,16-17H,9,12,15H2,1-3H3,(H,25,29)(H,26,27,28). The summed E-state index contributed by atoms with van der Waals surface area (Å²) in [6.45, 7) is 7.12. The highest BCUT2D eigenvalue weighted by Crippen LogP contribution is 2.30. The molecule has 0 spiro atoms. The number of aryl methyl sites for hydroxylation is 1. The van der Waals surface area contributed by atoms with Crippen LogP contribution in [-0.4, -0.2) is 22.4 Å². The molecule has 1 aromatic heterocycles. The predicted octanol–water partition coefficient (Wildman–Crippen LogP) is 4.88. The van der Waals surface area contributed by atoms with E-state index in [-0.39, 0.29) is 11.3 Å². The Morgan fingerprint density at radius 2 is 1.59 bits per heavy atom. The molecular weight excluding hydrogens is 360 g/mol. The number of rotatable bonds is 7. The molecule has 0 saturated carbocycles. The number of nitrogens with zero attached hydrogens (tertiary/aromatic N) is 2. The summed E-state index contributed by atoms with van der Waals surface area (Å²) in [5.41, 5.74) is 3.89. The summed E-state index contributed by atoms with van der Waals surface area (Å²) < 4.78 is 0. The number of para-hydroxylation sites is 1. The van der Waals surface area contributed by atoms with Crippen molar-refractivity contribution in [2.45, 2.75) is 39.0 Å². The average Bonchev–Trinajstić information content (AvgIpc) is 2.72. The lowest BCUT2D eigenvalue weighted by molar-refractivity contribution is 0.0952. The molecule has 0 bridgehead atoms. The van der Waals surface area contributed by atoms with E-state index >= 15 is 0 Å². The number of hydrogen-bond donors (Lipinski definition) is 2. The van der Waals surface area contributed by atoms with E-state index in [0.29, 0.717) is 18.1 Å². The molecule has 3 aromatic rings. The molecule has 2 aromatic carbocycles. The fourth-order valence-corrected chi connectivity index (χ4v) is 3.12. The van der Waals surface area contributed by atoms with Crippen LogP contribution in [0.15, 0.2) is 67.0 Å². The zero-order valence-corrected chi connectivity index (χ0v) is 17.3. The molecule has 0 radical (unpaired) electrons. The van der Waals surface area contributed by atoms with Crippen LogP contribution < -0.4 is 10.6 Å². The monoisotopic (exact) mass is 388 g/mol. The zero-order chi connectivity index (χ0) is 20.7. The Kier molecular flexibility index (Phi) is 6.60. The average molecular weight is 389 g/mol. The van der Waals surface area contributed by atoms with Gasteiger partial charge in [-0.2, -0.15) is 0 Å². The van der Waals surface area contributed by atoms with Crippen molar-refractivity contribution in [3.63, 3.8) is 0 Å². The van der Waals surface area contributed by atoms with Gasteiger partial charge in [-0.15, -0.1) is 0 Å². The second-order valence-electron chi connectivity index (χ2n) is 8.06. The van der Waals surface area contributed by atoms with Crippen LogP contribution in [0, 0.1) is 0 Å². The third-order valence-corrected chi connectivity index (χ3v) is 4.67. The van der Waals surface area contributed by atoms with Crippen LogP contribution in [0.2, 0.25) is 0 Å². The summed E-state index contributed by atoms with van der Waals surface area (Å²) in [4.78, 5) is 20.9. The maximum Gasteiger partial charge on any atom is 0.254 e. The van der Waals surface area contributed by atoms with Gasteiger partial charge in [-0.3, -0.25) is 4.79 Å². The quantitative estimate of drug-likeness (QED) is 0.566. The second kappa shape index (κ2) is 9.32. The summed E-state index contributed by atoms with van der Waals surface area (Å²) >= 11 is 0. The van der Waals surface area contributed by atoms with Crippen molar-refractivity contribution < 1.29 is 4.79 Å². The van der Waals surface area contributed by atoms with E-state index in [0.717, 1.165) is 18.5 Å². The first-order valence-electron chi connectivity index (χ1n) is 9.94. The molecule has 1 amide bonds. The van der Waals surface area contributed by atoms with E-state index in [1.54, 1.807) is 12.4 Å². The maximum atomic E-state index is 12.3. The van der Waals surface area contributed by atoms with Crippen LogP contribution in [0.25, 0.3) is 0 Å². The van der Waals surface area contributed by atoms with E-state index in [1.165, 1.54) is 11.1 Å². The van der Waals surface area contributed by atoms with Crippen molar-refractivity contribution in [3.8, 4) is 0 Å². The van der Waals surface area contributed by atoms with Crippen molar-refractivity contribution >= 4 is 17.5 Å². The largest absolute Gasteiger partial charge is 0.352 e. The number of carbonyl (C=O) groups is 1. The highest BCUT2D eigenvalue weighted by Gasteiger charge is 2.18. The van der Waals surface area contributed by atoms with Crippen LogP contribution >= 0.6 is 0 Å². The van der Waals surface area contributed by atoms with Crippen LogP contribution in [0.1, 0.15) is 48.7 Å². The Bertz CT molecular complexity index is 931. The third-order valence-electron chi connectivity index (χ3n) is 4.67. The maximum absolute atomic E-state index is 12.3. The smallest absolute Gasteiger partial charge is 0.254 e. The summed E-state index contributed by atoms with van der Waals surface area (Å²) in [6, 6.07) is 18.4. The molecule has 150 valence electrons. The van der Waals surface area contributed by atoms with Gasteiger partial charge in [-0.25, -0.2) is 9.97 Å². The van der Waals surface area contributed by atoms with Crippen LogP contribution in [0.3, 0.4) is 0 Å². The molecule has 29 heavy (non-hydrogen) atoms. The van der Waals surface area contributed by atoms with Gasteiger partial charge in [0, 0.05) is 24.6 Å². The molecule has 5 nitrogen and oxygen atoms in total. The lowest BCUT2D eigenvalue weighted by atomic mass is 9.86. The molecule has 0 aliphatic rings. The van der Waals surface area contributed by atoms with Gasteiger partial charge < -0.3 is 10.6 Å². The molecule has 0 atom stereocenters. The summed E-state index contributed by atoms with van der Waals surface area (Å²) in [5, 5.41) is 6.19. The van der Waals surface area contributed by atoms with Crippen molar-refractivity contribution in [3.05, 3.63) is 83.7 Å². The Morgan fingerprint density at radius 3 is 2.28 bits per heavy atom. The van der Waals surface area contributed by atoms with Gasteiger partial charge in [0.15, 0.2) is 0 Å². The van der Waals surface area contributed by atoms with E-state index in [2.05, 4.69) is 59.6 Å². The lowest BCUT2D eigenvalue weighted by Gasteiger charge is -2.22. The van der Waals surface area contributed by atoms with Gasteiger partial charge in [0.05, 0.1) is 5.56 Å². The SMILES string of the molecule is CC(C)(C)c1ccccc1Nc1ncc(C(=O)NCCCc2ccccc2)cn1. The van der Waals surface area contributed by atoms with Gasteiger partial charge >= 0.3 is 0 Å². The van der Waals surface area contributed by atoms with Gasteiger partial charge in [0.1, 0.15) is 0 Å². The fourth-order valence-electron chi connectivity index (χ4n) is 3.12. The topological polar surface area (TPSA) is 66.9 Å².